The summed E-state index contributed by atoms with van der Waals surface area (Å²) in [5, 5.41) is 23.0. The summed E-state index contributed by atoms with van der Waals surface area (Å²) in [4.78, 5) is 14.7. The zero-order chi connectivity index (χ0) is 14.4. The second-order valence-corrected chi connectivity index (χ2v) is 4.37. The van der Waals surface area contributed by atoms with E-state index in [1.165, 1.54) is 12.1 Å². The summed E-state index contributed by atoms with van der Waals surface area (Å²) in [7, 11) is 0. The molecular formula is C14H14N4O2. The average Bonchev–Trinajstić information content (AvgIpc) is 2.46. The fourth-order valence-electron chi connectivity index (χ4n) is 1.87. The molecule has 0 aliphatic heterocycles. The minimum atomic E-state index is -0.416. The number of fused-ring (bicyclic) bond motifs is 1. The molecule has 0 amide bonds. The highest BCUT2D eigenvalue weighted by Gasteiger charge is 2.06. The standard InChI is InChI=1S/C14H14N4O2/c15-8-2-1-3-9-16-14-7-4-11-10-12(18(19)20)5-6-13(11)17-14/h4-7,10H,1-3,9H2,(H,16,17). The lowest BCUT2D eigenvalue weighted by atomic mass is 10.2. The number of benzene rings is 1. The van der Waals surface area contributed by atoms with Crippen LogP contribution in [-0.2, 0) is 0 Å². The number of nitriles is 1. The van der Waals surface area contributed by atoms with Crippen molar-refractivity contribution in [2.24, 2.45) is 0 Å². The molecule has 0 aliphatic rings. The van der Waals surface area contributed by atoms with Gasteiger partial charge >= 0.3 is 0 Å². The first kappa shape index (κ1) is 13.7. The Morgan fingerprint density at radius 1 is 1.30 bits per heavy atom. The van der Waals surface area contributed by atoms with Gasteiger partial charge in [-0.2, -0.15) is 5.26 Å². The number of nitrogens with one attached hydrogen (secondary N) is 1. The molecule has 0 saturated carbocycles. The molecule has 0 atom stereocenters. The number of hydrogen-bond donors (Lipinski definition) is 1. The largest absolute Gasteiger partial charge is 0.370 e. The van der Waals surface area contributed by atoms with E-state index in [9.17, 15) is 10.1 Å². The van der Waals surface area contributed by atoms with Crippen molar-refractivity contribution in [3.05, 3.63) is 40.4 Å². The van der Waals surface area contributed by atoms with Crippen LogP contribution >= 0.6 is 0 Å². The van der Waals surface area contributed by atoms with Gasteiger partial charge in [0.1, 0.15) is 5.82 Å². The van der Waals surface area contributed by atoms with Crippen LogP contribution in [0.4, 0.5) is 11.5 Å². The minimum Gasteiger partial charge on any atom is -0.370 e. The first-order valence-electron chi connectivity index (χ1n) is 6.37. The molecular weight excluding hydrogens is 256 g/mol. The maximum atomic E-state index is 10.7. The number of nitro benzene ring substituents is 1. The number of rotatable bonds is 6. The molecule has 2 rings (SSSR count). The van der Waals surface area contributed by atoms with Gasteiger partial charge in [-0.1, -0.05) is 0 Å². The smallest absolute Gasteiger partial charge is 0.270 e. The van der Waals surface area contributed by atoms with Crippen molar-refractivity contribution >= 4 is 22.4 Å². The number of hydrogen-bond acceptors (Lipinski definition) is 5. The zero-order valence-corrected chi connectivity index (χ0v) is 10.9. The van der Waals surface area contributed by atoms with Crippen LogP contribution in [0.15, 0.2) is 30.3 Å². The molecule has 0 spiro atoms. The van der Waals surface area contributed by atoms with Crippen LogP contribution in [0.2, 0.25) is 0 Å². The van der Waals surface area contributed by atoms with Gasteiger partial charge in [-0.15, -0.1) is 0 Å². The predicted octanol–water partition coefficient (Wildman–Crippen LogP) is 3.25. The molecule has 1 aromatic carbocycles. The Bertz CT molecular complexity index is 664. The summed E-state index contributed by atoms with van der Waals surface area (Å²) in [6, 6.07) is 10.3. The van der Waals surface area contributed by atoms with Crippen LogP contribution in [0, 0.1) is 21.4 Å². The first-order valence-corrected chi connectivity index (χ1v) is 6.37. The lowest BCUT2D eigenvalue weighted by Gasteiger charge is -2.06. The number of unbranched alkanes of at least 4 members (excludes halogenated alkanes) is 2. The van der Waals surface area contributed by atoms with E-state index in [1.54, 1.807) is 12.1 Å². The molecule has 1 heterocycles. The third kappa shape index (κ3) is 3.42. The third-order valence-electron chi connectivity index (χ3n) is 2.91. The fraction of sp³-hybridized carbons (Fsp3) is 0.286. The van der Waals surface area contributed by atoms with Crippen LogP contribution in [0.25, 0.3) is 10.9 Å². The van der Waals surface area contributed by atoms with Gasteiger partial charge in [-0.25, -0.2) is 4.98 Å². The highest BCUT2D eigenvalue weighted by molar-refractivity contribution is 5.82. The monoisotopic (exact) mass is 270 g/mol. The molecule has 0 saturated heterocycles. The number of nitro groups is 1. The van der Waals surface area contributed by atoms with E-state index >= 15 is 0 Å². The summed E-state index contributed by atoms with van der Waals surface area (Å²) in [5.74, 6) is 0.739. The van der Waals surface area contributed by atoms with Gasteiger partial charge < -0.3 is 5.32 Å². The number of non-ortho nitro benzene ring substituents is 1. The van der Waals surface area contributed by atoms with Gasteiger partial charge in [0.15, 0.2) is 0 Å². The van der Waals surface area contributed by atoms with Gasteiger partial charge in [0.05, 0.1) is 16.5 Å². The normalized spacial score (nSPS) is 10.2. The Hall–Kier alpha value is -2.68. The highest BCUT2D eigenvalue weighted by atomic mass is 16.6. The van der Waals surface area contributed by atoms with E-state index in [1.807, 2.05) is 6.07 Å². The molecule has 20 heavy (non-hydrogen) atoms. The number of pyridine rings is 1. The maximum absolute atomic E-state index is 10.7. The van der Waals surface area contributed by atoms with E-state index in [2.05, 4.69) is 16.4 Å². The summed E-state index contributed by atoms with van der Waals surface area (Å²) in [6.07, 6.45) is 2.34. The van der Waals surface area contributed by atoms with Crippen molar-refractivity contribution in [3.63, 3.8) is 0 Å². The number of aromatic nitrogens is 1. The van der Waals surface area contributed by atoms with Crippen LogP contribution in [0.3, 0.4) is 0 Å². The average molecular weight is 270 g/mol. The maximum Gasteiger partial charge on any atom is 0.270 e. The van der Waals surface area contributed by atoms with Crippen molar-refractivity contribution < 1.29 is 4.92 Å². The lowest BCUT2D eigenvalue weighted by molar-refractivity contribution is -0.384. The summed E-state index contributed by atoms with van der Waals surface area (Å²) >= 11 is 0. The SMILES string of the molecule is N#CCCCCNc1ccc2cc([N+](=O)[O-])ccc2n1. The third-order valence-corrected chi connectivity index (χ3v) is 2.91. The number of nitrogens with zero attached hydrogens (tertiary/aromatic N) is 3. The van der Waals surface area contributed by atoms with Crippen LogP contribution in [0.5, 0.6) is 0 Å². The summed E-state index contributed by atoms with van der Waals surface area (Å²) in [6.45, 7) is 0.757. The van der Waals surface area contributed by atoms with Gasteiger partial charge in [0.2, 0.25) is 0 Å². The summed E-state index contributed by atoms with van der Waals surface area (Å²) in [5.41, 5.74) is 0.786. The lowest BCUT2D eigenvalue weighted by Crippen LogP contribution is -2.03. The second kappa shape index (κ2) is 6.48. The minimum absolute atomic E-state index is 0.0662. The molecule has 1 N–H and O–H groups in total. The predicted molar refractivity (Wildman–Crippen MR) is 76.4 cm³/mol. The van der Waals surface area contributed by atoms with E-state index in [-0.39, 0.29) is 5.69 Å². The molecule has 1 aromatic heterocycles. The number of anilines is 1. The van der Waals surface area contributed by atoms with Crippen molar-refractivity contribution in [3.8, 4) is 6.07 Å². The molecule has 0 bridgehead atoms. The van der Waals surface area contributed by atoms with E-state index < -0.39 is 4.92 Å². The molecule has 0 aliphatic carbocycles. The van der Waals surface area contributed by atoms with Crippen molar-refractivity contribution in [2.45, 2.75) is 19.3 Å². The molecule has 0 unspecified atom stereocenters. The molecule has 102 valence electrons. The van der Waals surface area contributed by atoms with Crippen molar-refractivity contribution in [1.29, 1.82) is 5.26 Å². The fourth-order valence-corrected chi connectivity index (χ4v) is 1.87. The zero-order valence-electron chi connectivity index (χ0n) is 10.9. The topological polar surface area (TPSA) is 91.8 Å². The first-order chi connectivity index (χ1) is 9.70. The van der Waals surface area contributed by atoms with Gasteiger partial charge in [-0.3, -0.25) is 10.1 Å². The van der Waals surface area contributed by atoms with E-state index in [4.69, 9.17) is 5.26 Å². The van der Waals surface area contributed by atoms with Crippen LogP contribution < -0.4 is 5.32 Å². The molecule has 0 radical (unpaired) electrons. The molecule has 2 aromatic rings. The van der Waals surface area contributed by atoms with E-state index in [0.29, 0.717) is 6.42 Å². The van der Waals surface area contributed by atoms with Crippen LogP contribution in [-0.4, -0.2) is 16.5 Å². The molecule has 6 nitrogen and oxygen atoms in total. The molecule has 6 heteroatoms. The van der Waals surface area contributed by atoms with E-state index in [0.717, 1.165) is 36.1 Å². The van der Waals surface area contributed by atoms with Crippen molar-refractivity contribution in [2.75, 3.05) is 11.9 Å². The Morgan fingerprint density at radius 3 is 2.90 bits per heavy atom. The highest BCUT2D eigenvalue weighted by Crippen LogP contribution is 2.21. The Labute approximate surface area is 116 Å². The Balaban J connectivity index is 2.04. The quantitative estimate of drug-likeness (QED) is 0.494. The van der Waals surface area contributed by atoms with Crippen molar-refractivity contribution in [1.82, 2.24) is 4.98 Å². The van der Waals surface area contributed by atoms with Gasteiger partial charge in [0, 0.05) is 30.5 Å². The van der Waals surface area contributed by atoms with Crippen LogP contribution in [0.1, 0.15) is 19.3 Å². The van der Waals surface area contributed by atoms with Gasteiger partial charge in [0.25, 0.3) is 5.69 Å². The van der Waals surface area contributed by atoms with Gasteiger partial charge in [-0.05, 0) is 31.0 Å². The Kier molecular flexibility index (Phi) is 4.45. The summed E-state index contributed by atoms with van der Waals surface area (Å²) < 4.78 is 0. The second-order valence-electron chi connectivity index (χ2n) is 4.37. The molecule has 0 fully saturated rings. The Morgan fingerprint density at radius 2 is 2.15 bits per heavy atom.